The van der Waals surface area contributed by atoms with Gasteiger partial charge in [0.05, 0.1) is 5.41 Å². The molecule has 2 fully saturated rings. The molecule has 2 aliphatic rings. The second kappa shape index (κ2) is 5.90. The Hall–Kier alpha value is -1.10. The molecule has 0 aromatic rings. The van der Waals surface area contributed by atoms with E-state index in [1.807, 2.05) is 11.8 Å². The van der Waals surface area contributed by atoms with Gasteiger partial charge in [0.2, 0.25) is 5.91 Å². The molecular formula is C14H24N2O3. The largest absolute Gasteiger partial charge is 0.481 e. The smallest absolute Gasteiger partial charge is 0.303 e. The minimum Gasteiger partial charge on any atom is -0.481 e. The van der Waals surface area contributed by atoms with Crippen molar-refractivity contribution in [3.8, 4) is 0 Å². The Bertz CT molecular complexity index is 351. The van der Waals surface area contributed by atoms with Crippen LogP contribution in [-0.2, 0) is 9.59 Å². The SMILES string of the molecule is CC1(C(=O)N2CCCCC2CCC(=O)O)CCNC1. The Morgan fingerprint density at radius 1 is 1.42 bits per heavy atom. The maximum Gasteiger partial charge on any atom is 0.303 e. The zero-order valence-corrected chi connectivity index (χ0v) is 11.7. The number of carbonyl (C=O) groups excluding carboxylic acids is 1. The fourth-order valence-corrected chi connectivity index (χ4v) is 3.20. The number of rotatable bonds is 4. The van der Waals surface area contributed by atoms with Gasteiger partial charge in [-0.1, -0.05) is 0 Å². The number of hydrogen-bond acceptors (Lipinski definition) is 3. The third-order valence-corrected chi connectivity index (χ3v) is 4.46. The van der Waals surface area contributed by atoms with Crippen LogP contribution in [0, 0.1) is 5.41 Å². The first-order valence-corrected chi connectivity index (χ1v) is 7.26. The molecule has 2 unspecified atom stereocenters. The standard InChI is InChI=1S/C14H24N2O3/c1-14(7-8-15-10-14)13(19)16-9-3-2-4-11(16)5-6-12(17)18/h11,15H,2-10H2,1H3,(H,17,18). The van der Waals surface area contributed by atoms with Gasteiger partial charge in [0, 0.05) is 25.6 Å². The van der Waals surface area contributed by atoms with Crippen LogP contribution in [0.5, 0.6) is 0 Å². The van der Waals surface area contributed by atoms with E-state index < -0.39 is 5.97 Å². The molecule has 19 heavy (non-hydrogen) atoms. The molecule has 2 N–H and O–H groups in total. The maximum atomic E-state index is 12.7. The van der Waals surface area contributed by atoms with E-state index in [9.17, 15) is 9.59 Å². The van der Waals surface area contributed by atoms with Crippen molar-refractivity contribution in [3.63, 3.8) is 0 Å². The fraction of sp³-hybridized carbons (Fsp3) is 0.857. The Balaban J connectivity index is 2.01. The molecule has 2 saturated heterocycles. The number of aliphatic carboxylic acids is 1. The van der Waals surface area contributed by atoms with Crippen molar-refractivity contribution >= 4 is 11.9 Å². The molecule has 0 bridgehead atoms. The number of piperidine rings is 1. The topological polar surface area (TPSA) is 69.6 Å². The van der Waals surface area contributed by atoms with Crippen molar-refractivity contribution in [1.82, 2.24) is 10.2 Å². The number of carboxylic acids is 1. The Labute approximate surface area is 114 Å². The van der Waals surface area contributed by atoms with E-state index in [4.69, 9.17) is 5.11 Å². The monoisotopic (exact) mass is 268 g/mol. The number of carbonyl (C=O) groups is 2. The Morgan fingerprint density at radius 3 is 2.84 bits per heavy atom. The minimum absolute atomic E-state index is 0.120. The summed E-state index contributed by atoms with van der Waals surface area (Å²) in [7, 11) is 0. The molecule has 0 radical (unpaired) electrons. The molecule has 0 aliphatic carbocycles. The first-order valence-electron chi connectivity index (χ1n) is 7.26. The summed E-state index contributed by atoms with van der Waals surface area (Å²) in [5.74, 6) is -0.556. The Kier molecular flexibility index (Phi) is 4.45. The van der Waals surface area contributed by atoms with Crippen LogP contribution in [-0.4, -0.2) is 47.6 Å². The number of amides is 1. The predicted molar refractivity (Wildman–Crippen MR) is 71.8 cm³/mol. The van der Waals surface area contributed by atoms with Gasteiger partial charge in [0.25, 0.3) is 0 Å². The molecule has 2 heterocycles. The van der Waals surface area contributed by atoms with Gasteiger partial charge in [-0.15, -0.1) is 0 Å². The van der Waals surface area contributed by atoms with Gasteiger partial charge in [0.15, 0.2) is 0 Å². The summed E-state index contributed by atoms with van der Waals surface area (Å²) in [5, 5.41) is 12.1. The van der Waals surface area contributed by atoms with E-state index in [0.29, 0.717) is 6.42 Å². The highest BCUT2D eigenvalue weighted by Gasteiger charge is 2.41. The summed E-state index contributed by atoms with van der Waals surface area (Å²) < 4.78 is 0. The second-order valence-corrected chi connectivity index (χ2v) is 6.07. The lowest BCUT2D eigenvalue weighted by Crippen LogP contribution is -2.50. The maximum absolute atomic E-state index is 12.7. The van der Waals surface area contributed by atoms with Crippen LogP contribution in [0.2, 0.25) is 0 Å². The van der Waals surface area contributed by atoms with Crippen molar-refractivity contribution in [1.29, 1.82) is 0 Å². The molecule has 0 aromatic heterocycles. The molecule has 2 aliphatic heterocycles. The quantitative estimate of drug-likeness (QED) is 0.804. The van der Waals surface area contributed by atoms with Gasteiger partial charge in [0.1, 0.15) is 0 Å². The highest BCUT2D eigenvalue weighted by molar-refractivity contribution is 5.83. The van der Waals surface area contributed by atoms with Gasteiger partial charge in [-0.2, -0.15) is 0 Å². The van der Waals surface area contributed by atoms with Crippen LogP contribution in [0.25, 0.3) is 0 Å². The van der Waals surface area contributed by atoms with Crippen LogP contribution < -0.4 is 5.32 Å². The van der Waals surface area contributed by atoms with Crippen molar-refractivity contribution in [2.24, 2.45) is 5.41 Å². The molecule has 5 nitrogen and oxygen atoms in total. The molecule has 0 aromatic carbocycles. The minimum atomic E-state index is -0.772. The lowest BCUT2D eigenvalue weighted by molar-refractivity contribution is -0.145. The van der Waals surface area contributed by atoms with E-state index >= 15 is 0 Å². The first-order chi connectivity index (χ1) is 9.03. The number of carboxylic acid groups (broad SMARTS) is 1. The van der Waals surface area contributed by atoms with Gasteiger partial charge < -0.3 is 15.3 Å². The lowest BCUT2D eigenvalue weighted by atomic mass is 9.85. The highest BCUT2D eigenvalue weighted by atomic mass is 16.4. The summed E-state index contributed by atoms with van der Waals surface area (Å²) in [6, 6.07) is 0.120. The lowest BCUT2D eigenvalue weighted by Gasteiger charge is -2.40. The van der Waals surface area contributed by atoms with Crippen molar-refractivity contribution in [2.75, 3.05) is 19.6 Å². The van der Waals surface area contributed by atoms with Crippen molar-refractivity contribution < 1.29 is 14.7 Å². The van der Waals surface area contributed by atoms with E-state index in [-0.39, 0.29) is 23.8 Å². The summed E-state index contributed by atoms with van der Waals surface area (Å²) >= 11 is 0. The predicted octanol–water partition coefficient (Wildman–Crippen LogP) is 1.23. The van der Waals surface area contributed by atoms with Gasteiger partial charge in [-0.25, -0.2) is 0 Å². The van der Waals surface area contributed by atoms with Crippen LogP contribution in [0.4, 0.5) is 0 Å². The van der Waals surface area contributed by atoms with Crippen LogP contribution in [0.1, 0.15) is 45.4 Å². The second-order valence-electron chi connectivity index (χ2n) is 6.07. The molecule has 1 amide bonds. The van der Waals surface area contributed by atoms with E-state index in [1.54, 1.807) is 0 Å². The molecule has 0 saturated carbocycles. The normalized spacial score (nSPS) is 31.4. The number of likely N-dealkylation sites (tertiary alicyclic amines) is 1. The van der Waals surface area contributed by atoms with Gasteiger partial charge in [-0.3, -0.25) is 9.59 Å². The third-order valence-electron chi connectivity index (χ3n) is 4.46. The molecule has 108 valence electrons. The highest BCUT2D eigenvalue weighted by Crippen LogP contribution is 2.31. The number of nitrogens with one attached hydrogen (secondary N) is 1. The summed E-state index contributed by atoms with van der Waals surface area (Å²) in [6.07, 6.45) is 4.71. The number of hydrogen-bond donors (Lipinski definition) is 2. The van der Waals surface area contributed by atoms with Crippen LogP contribution in [0.15, 0.2) is 0 Å². The van der Waals surface area contributed by atoms with Crippen molar-refractivity contribution in [2.45, 2.75) is 51.5 Å². The number of nitrogens with zero attached hydrogens (tertiary/aromatic N) is 1. The molecule has 5 heteroatoms. The molecule has 2 atom stereocenters. The fourth-order valence-electron chi connectivity index (χ4n) is 3.20. The average molecular weight is 268 g/mol. The zero-order chi connectivity index (χ0) is 13.9. The average Bonchev–Trinajstić information content (AvgIpc) is 2.84. The summed E-state index contributed by atoms with van der Waals surface area (Å²) in [5.41, 5.74) is -0.293. The molecule has 0 spiro atoms. The Morgan fingerprint density at radius 2 is 2.21 bits per heavy atom. The van der Waals surface area contributed by atoms with Crippen LogP contribution >= 0.6 is 0 Å². The van der Waals surface area contributed by atoms with E-state index in [1.165, 1.54) is 0 Å². The van der Waals surface area contributed by atoms with Gasteiger partial charge in [-0.05, 0) is 45.6 Å². The zero-order valence-electron chi connectivity index (χ0n) is 11.7. The third kappa shape index (κ3) is 3.26. The van der Waals surface area contributed by atoms with E-state index in [0.717, 1.165) is 45.3 Å². The van der Waals surface area contributed by atoms with Crippen molar-refractivity contribution in [3.05, 3.63) is 0 Å². The molecule has 2 rings (SSSR count). The first kappa shape index (κ1) is 14.3. The molecular weight excluding hydrogens is 244 g/mol. The summed E-state index contributed by atoms with van der Waals surface area (Å²) in [6.45, 7) is 4.46. The van der Waals surface area contributed by atoms with Gasteiger partial charge >= 0.3 is 5.97 Å². The summed E-state index contributed by atoms with van der Waals surface area (Å²) in [4.78, 5) is 25.4. The van der Waals surface area contributed by atoms with Crippen LogP contribution in [0.3, 0.4) is 0 Å². The van der Waals surface area contributed by atoms with E-state index in [2.05, 4.69) is 5.32 Å².